The number of hydrogen-bond donors (Lipinski definition) is 1. The van der Waals surface area contributed by atoms with Gasteiger partial charge in [0.1, 0.15) is 11.6 Å². The van der Waals surface area contributed by atoms with Crippen molar-refractivity contribution in [3.63, 3.8) is 0 Å². The van der Waals surface area contributed by atoms with Gasteiger partial charge in [0.05, 0.1) is 0 Å². The molecule has 0 bridgehead atoms. The molecule has 0 aliphatic carbocycles. The first-order valence-electron chi connectivity index (χ1n) is 5.46. The van der Waals surface area contributed by atoms with Crippen LogP contribution in [-0.2, 0) is 0 Å². The molecular weight excluding hydrogens is 210 g/mol. The van der Waals surface area contributed by atoms with Crippen molar-refractivity contribution in [2.24, 2.45) is 11.7 Å². The molecule has 1 fully saturated rings. The van der Waals surface area contributed by atoms with Crippen LogP contribution in [0.5, 0.6) is 0 Å². The van der Waals surface area contributed by atoms with E-state index < -0.39 is 11.6 Å². The second-order valence-corrected chi connectivity index (χ2v) is 4.50. The smallest absolute Gasteiger partial charge is 0.126 e. The van der Waals surface area contributed by atoms with Gasteiger partial charge in [0.15, 0.2) is 0 Å². The summed E-state index contributed by atoms with van der Waals surface area (Å²) in [7, 11) is 1.96. The summed E-state index contributed by atoms with van der Waals surface area (Å²) in [6.07, 6.45) is 0.871. The monoisotopic (exact) mass is 226 g/mol. The summed E-state index contributed by atoms with van der Waals surface area (Å²) in [5.41, 5.74) is 6.33. The third-order valence-electron chi connectivity index (χ3n) is 3.24. The number of nitrogens with zero attached hydrogens (tertiary/aromatic N) is 1. The van der Waals surface area contributed by atoms with E-state index in [0.717, 1.165) is 19.0 Å². The van der Waals surface area contributed by atoms with E-state index in [2.05, 4.69) is 4.90 Å². The third kappa shape index (κ3) is 2.23. The van der Waals surface area contributed by atoms with E-state index in [-0.39, 0.29) is 6.04 Å². The third-order valence-corrected chi connectivity index (χ3v) is 3.24. The minimum atomic E-state index is -0.514. The van der Waals surface area contributed by atoms with Gasteiger partial charge in [-0.15, -0.1) is 0 Å². The number of hydrogen-bond acceptors (Lipinski definition) is 2. The Bertz CT molecular complexity index is 361. The fraction of sp³-hybridized carbons (Fsp3) is 0.500. The van der Waals surface area contributed by atoms with Crippen molar-refractivity contribution in [3.8, 4) is 0 Å². The largest absolute Gasteiger partial charge is 0.330 e. The molecule has 2 rings (SSSR count). The minimum absolute atomic E-state index is 0.0822. The van der Waals surface area contributed by atoms with E-state index in [1.54, 1.807) is 0 Å². The molecule has 0 radical (unpaired) electrons. The Kier molecular flexibility index (Phi) is 3.21. The summed E-state index contributed by atoms with van der Waals surface area (Å²) in [4.78, 5) is 2.10. The summed E-state index contributed by atoms with van der Waals surface area (Å²) in [5.74, 6) is -0.611. The summed E-state index contributed by atoms with van der Waals surface area (Å²) in [6.45, 7) is 1.51. The molecule has 1 saturated heterocycles. The van der Waals surface area contributed by atoms with Gasteiger partial charge in [-0.3, -0.25) is 4.90 Å². The van der Waals surface area contributed by atoms with Crippen molar-refractivity contribution in [1.29, 1.82) is 0 Å². The van der Waals surface area contributed by atoms with Crippen molar-refractivity contribution in [2.75, 3.05) is 20.1 Å². The highest BCUT2D eigenvalue weighted by Crippen LogP contribution is 2.34. The molecule has 0 spiro atoms. The van der Waals surface area contributed by atoms with E-state index in [0.29, 0.717) is 18.0 Å². The fourth-order valence-corrected chi connectivity index (χ4v) is 2.43. The molecule has 0 saturated carbocycles. The molecule has 4 heteroatoms. The van der Waals surface area contributed by atoms with Crippen molar-refractivity contribution < 1.29 is 8.78 Å². The van der Waals surface area contributed by atoms with Crippen molar-refractivity contribution >= 4 is 0 Å². The lowest BCUT2D eigenvalue weighted by atomic mass is 10.00. The van der Waals surface area contributed by atoms with E-state index in [1.165, 1.54) is 12.1 Å². The lowest BCUT2D eigenvalue weighted by molar-refractivity contribution is 0.312. The quantitative estimate of drug-likeness (QED) is 0.834. The molecule has 2 N–H and O–H groups in total. The van der Waals surface area contributed by atoms with Gasteiger partial charge >= 0.3 is 0 Å². The average Bonchev–Trinajstić information content (AvgIpc) is 2.58. The Hall–Kier alpha value is -1.00. The van der Waals surface area contributed by atoms with Crippen LogP contribution in [0, 0.1) is 17.6 Å². The predicted octanol–water partition coefficient (Wildman–Crippen LogP) is 1.92. The molecule has 1 heterocycles. The molecule has 2 unspecified atom stereocenters. The lowest BCUT2D eigenvalue weighted by Gasteiger charge is -2.19. The maximum atomic E-state index is 13.1. The van der Waals surface area contributed by atoms with Gasteiger partial charge in [0.25, 0.3) is 0 Å². The van der Waals surface area contributed by atoms with E-state index >= 15 is 0 Å². The number of halogens is 2. The molecule has 1 aliphatic heterocycles. The normalized spacial score (nSPS) is 26.2. The highest BCUT2D eigenvalue weighted by molar-refractivity contribution is 5.22. The molecule has 1 aromatic rings. The van der Waals surface area contributed by atoms with Gasteiger partial charge in [-0.05, 0) is 43.6 Å². The maximum absolute atomic E-state index is 13.1. The zero-order valence-corrected chi connectivity index (χ0v) is 9.29. The molecule has 0 aromatic heterocycles. The first-order valence-corrected chi connectivity index (χ1v) is 5.46. The molecule has 1 aromatic carbocycles. The topological polar surface area (TPSA) is 29.3 Å². The zero-order valence-electron chi connectivity index (χ0n) is 9.29. The molecule has 16 heavy (non-hydrogen) atoms. The summed E-state index contributed by atoms with van der Waals surface area (Å²) in [5, 5.41) is 0. The number of rotatable bonds is 2. The summed E-state index contributed by atoms with van der Waals surface area (Å²) >= 11 is 0. The first kappa shape index (κ1) is 11.5. The minimum Gasteiger partial charge on any atom is -0.330 e. The van der Waals surface area contributed by atoms with Gasteiger partial charge in [-0.2, -0.15) is 0 Å². The standard InChI is InChI=1S/C12H16F2N2/c1-16-7-8(6-15)2-12(16)9-3-10(13)5-11(14)4-9/h3-5,8,12H,2,6-7,15H2,1H3. The maximum Gasteiger partial charge on any atom is 0.126 e. The van der Waals surface area contributed by atoms with Crippen LogP contribution in [0.4, 0.5) is 8.78 Å². The van der Waals surface area contributed by atoms with Crippen LogP contribution < -0.4 is 5.73 Å². The second-order valence-electron chi connectivity index (χ2n) is 4.50. The molecule has 88 valence electrons. The summed E-state index contributed by atoms with van der Waals surface area (Å²) in [6, 6.07) is 3.80. The Labute approximate surface area is 94.0 Å². The SMILES string of the molecule is CN1CC(CN)CC1c1cc(F)cc(F)c1. The van der Waals surface area contributed by atoms with Gasteiger partial charge in [0.2, 0.25) is 0 Å². The van der Waals surface area contributed by atoms with Crippen LogP contribution >= 0.6 is 0 Å². The van der Waals surface area contributed by atoms with E-state index in [1.807, 2.05) is 7.05 Å². The Morgan fingerprint density at radius 3 is 2.44 bits per heavy atom. The van der Waals surface area contributed by atoms with Crippen molar-refractivity contribution in [2.45, 2.75) is 12.5 Å². The zero-order chi connectivity index (χ0) is 11.7. The van der Waals surface area contributed by atoms with Gasteiger partial charge in [-0.25, -0.2) is 8.78 Å². The van der Waals surface area contributed by atoms with Crippen molar-refractivity contribution in [1.82, 2.24) is 4.90 Å². The van der Waals surface area contributed by atoms with Gasteiger partial charge in [0, 0.05) is 18.7 Å². The van der Waals surface area contributed by atoms with Gasteiger partial charge in [-0.1, -0.05) is 0 Å². The molecule has 1 aliphatic rings. The number of likely N-dealkylation sites (tertiary alicyclic amines) is 1. The van der Waals surface area contributed by atoms with E-state index in [4.69, 9.17) is 5.73 Å². The summed E-state index contributed by atoms with van der Waals surface area (Å²) < 4.78 is 26.2. The Morgan fingerprint density at radius 2 is 1.94 bits per heavy atom. The molecule has 0 amide bonds. The number of benzene rings is 1. The van der Waals surface area contributed by atoms with Crippen LogP contribution in [0.1, 0.15) is 18.0 Å². The predicted molar refractivity (Wildman–Crippen MR) is 58.9 cm³/mol. The average molecular weight is 226 g/mol. The van der Waals surface area contributed by atoms with Crippen LogP contribution in [0.2, 0.25) is 0 Å². The highest BCUT2D eigenvalue weighted by Gasteiger charge is 2.30. The number of nitrogens with two attached hydrogens (primary N) is 1. The molecular formula is C12H16F2N2. The van der Waals surface area contributed by atoms with Crippen molar-refractivity contribution in [3.05, 3.63) is 35.4 Å². The second kappa shape index (κ2) is 4.47. The van der Waals surface area contributed by atoms with E-state index in [9.17, 15) is 8.78 Å². The lowest BCUT2D eigenvalue weighted by Crippen LogP contribution is -2.20. The van der Waals surface area contributed by atoms with Crippen LogP contribution in [-0.4, -0.2) is 25.0 Å². The fourth-order valence-electron chi connectivity index (χ4n) is 2.43. The Morgan fingerprint density at radius 1 is 1.31 bits per heavy atom. The van der Waals surface area contributed by atoms with Crippen LogP contribution in [0.15, 0.2) is 18.2 Å². The first-order chi connectivity index (χ1) is 7.60. The van der Waals surface area contributed by atoms with Crippen LogP contribution in [0.25, 0.3) is 0 Å². The van der Waals surface area contributed by atoms with Crippen LogP contribution in [0.3, 0.4) is 0 Å². The van der Waals surface area contributed by atoms with Gasteiger partial charge < -0.3 is 5.73 Å². The highest BCUT2D eigenvalue weighted by atomic mass is 19.1. The Balaban J connectivity index is 2.24. The molecule has 2 nitrogen and oxygen atoms in total. The molecule has 2 atom stereocenters.